The second-order valence-corrected chi connectivity index (χ2v) is 7.49. The molecule has 5 heteroatoms. The average molecular weight is 296 g/mol. The maximum atomic E-state index is 6.09. The molecule has 2 heterocycles. The third-order valence-electron chi connectivity index (χ3n) is 6.03. The van der Waals surface area contributed by atoms with Gasteiger partial charge in [-0.05, 0) is 71.6 Å². The molecule has 1 aliphatic carbocycles. The second kappa shape index (κ2) is 6.50. The molecule has 21 heavy (non-hydrogen) atoms. The van der Waals surface area contributed by atoms with Crippen LogP contribution in [0.2, 0.25) is 0 Å². The van der Waals surface area contributed by atoms with Gasteiger partial charge in [-0.3, -0.25) is 11.3 Å². The topological polar surface area (TPSA) is 53.8 Å². The van der Waals surface area contributed by atoms with Crippen LogP contribution in [-0.4, -0.2) is 67.8 Å². The van der Waals surface area contributed by atoms with E-state index in [1.54, 1.807) is 0 Å². The molecule has 1 saturated carbocycles. The van der Waals surface area contributed by atoms with E-state index in [0.29, 0.717) is 18.0 Å². The second-order valence-electron chi connectivity index (χ2n) is 7.49. The van der Waals surface area contributed by atoms with Gasteiger partial charge in [0.25, 0.3) is 0 Å². The minimum absolute atomic E-state index is 0.202. The summed E-state index contributed by atoms with van der Waals surface area (Å²) in [6.45, 7) is 4.38. The van der Waals surface area contributed by atoms with Gasteiger partial charge in [-0.2, -0.15) is 0 Å². The molecule has 122 valence electrons. The molecule has 0 bridgehead atoms. The molecule has 1 spiro atoms. The van der Waals surface area contributed by atoms with Gasteiger partial charge in [-0.25, -0.2) is 0 Å². The van der Waals surface area contributed by atoms with Gasteiger partial charge < -0.3 is 14.5 Å². The summed E-state index contributed by atoms with van der Waals surface area (Å²) in [5, 5.41) is 0. The van der Waals surface area contributed by atoms with Gasteiger partial charge in [0.15, 0.2) is 0 Å². The minimum atomic E-state index is 0.202. The van der Waals surface area contributed by atoms with E-state index in [4.69, 9.17) is 10.6 Å². The highest BCUT2D eigenvalue weighted by Crippen LogP contribution is 2.45. The Morgan fingerprint density at radius 2 is 2.05 bits per heavy atom. The van der Waals surface area contributed by atoms with Gasteiger partial charge in [0, 0.05) is 25.2 Å². The molecule has 2 aliphatic heterocycles. The van der Waals surface area contributed by atoms with Gasteiger partial charge in [0.05, 0.1) is 5.60 Å². The quantitative estimate of drug-likeness (QED) is 0.596. The number of rotatable bonds is 3. The predicted molar refractivity (Wildman–Crippen MR) is 84.9 cm³/mol. The number of likely N-dealkylation sites (N-methyl/N-ethyl adjacent to an activating group) is 2. The minimum Gasteiger partial charge on any atom is -0.375 e. The molecule has 3 aliphatic rings. The highest BCUT2D eigenvalue weighted by molar-refractivity contribution is 4.99. The molecule has 5 nitrogen and oxygen atoms in total. The highest BCUT2D eigenvalue weighted by atomic mass is 16.5. The zero-order valence-corrected chi connectivity index (χ0v) is 13.7. The molecule has 0 aromatic heterocycles. The van der Waals surface area contributed by atoms with Gasteiger partial charge in [0.1, 0.15) is 0 Å². The fourth-order valence-electron chi connectivity index (χ4n) is 4.55. The van der Waals surface area contributed by atoms with Crippen molar-refractivity contribution in [3.05, 3.63) is 0 Å². The zero-order chi connectivity index (χ0) is 14.9. The summed E-state index contributed by atoms with van der Waals surface area (Å²) < 4.78 is 6.09. The first-order valence-electron chi connectivity index (χ1n) is 8.62. The Hall–Kier alpha value is -0.200. The largest absolute Gasteiger partial charge is 0.375 e. The van der Waals surface area contributed by atoms with Crippen molar-refractivity contribution >= 4 is 0 Å². The average Bonchev–Trinajstić information content (AvgIpc) is 2.61. The summed E-state index contributed by atoms with van der Waals surface area (Å²) in [4.78, 5) is 4.97. The van der Waals surface area contributed by atoms with Crippen LogP contribution in [0.5, 0.6) is 0 Å². The molecule has 0 radical (unpaired) electrons. The monoisotopic (exact) mass is 296 g/mol. The van der Waals surface area contributed by atoms with Crippen molar-refractivity contribution < 1.29 is 4.74 Å². The number of nitrogens with zero attached hydrogens (tertiary/aromatic N) is 2. The predicted octanol–water partition coefficient (Wildman–Crippen LogP) is 0.804. The molecule has 3 unspecified atom stereocenters. The van der Waals surface area contributed by atoms with Crippen molar-refractivity contribution in [1.29, 1.82) is 0 Å². The van der Waals surface area contributed by atoms with E-state index in [0.717, 1.165) is 19.6 Å². The van der Waals surface area contributed by atoms with Crippen LogP contribution in [0, 0.1) is 5.92 Å². The van der Waals surface area contributed by atoms with Crippen LogP contribution in [0.1, 0.15) is 38.5 Å². The molecular weight excluding hydrogens is 264 g/mol. The summed E-state index contributed by atoms with van der Waals surface area (Å²) in [5.74, 6) is 6.65. The molecule has 3 N–H and O–H groups in total. The van der Waals surface area contributed by atoms with E-state index < -0.39 is 0 Å². The Balaban J connectivity index is 1.70. The lowest BCUT2D eigenvalue weighted by atomic mass is 9.69. The smallest absolute Gasteiger partial charge is 0.0685 e. The SMILES string of the molecule is CN1CCCN(C)C(C(NN)C2CCOC3(CCC3)C2)C1. The van der Waals surface area contributed by atoms with Crippen molar-refractivity contribution in [2.45, 2.75) is 56.2 Å². The molecule has 3 rings (SSSR count). The maximum Gasteiger partial charge on any atom is 0.0685 e. The molecule has 3 fully saturated rings. The number of hydrogen-bond acceptors (Lipinski definition) is 5. The Bertz CT molecular complexity index is 347. The van der Waals surface area contributed by atoms with E-state index in [2.05, 4.69) is 29.3 Å². The summed E-state index contributed by atoms with van der Waals surface area (Å²) in [5.41, 5.74) is 3.38. The van der Waals surface area contributed by atoms with Crippen LogP contribution in [0.4, 0.5) is 0 Å². The Kier molecular flexibility index (Phi) is 4.86. The standard InChI is InChI=1S/C16H32N4O/c1-19-8-4-9-20(2)14(12-19)15(18-17)13-5-10-21-16(11-13)6-3-7-16/h13-15,18H,3-12,17H2,1-2H3. The van der Waals surface area contributed by atoms with Gasteiger partial charge >= 0.3 is 0 Å². The molecule has 3 atom stereocenters. The normalized spacial score (nSPS) is 36.1. The van der Waals surface area contributed by atoms with Crippen LogP contribution in [0.3, 0.4) is 0 Å². The first kappa shape index (κ1) is 15.7. The maximum absolute atomic E-state index is 6.09. The van der Waals surface area contributed by atoms with Crippen LogP contribution in [-0.2, 0) is 4.74 Å². The fourth-order valence-corrected chi connectivity index (χ4v) is 4.55. The molecule has 2 saturated heterocycles. The van der Waals surface area contributed by atoms with Crippen LogP contribution in [0.15, 0.2) is 0 Å². The molecule has 0 aromatic carbocycles. The number of nitrogens with two attached hydrogens (primary N) is 1. The molecular formula is C16H32N4O. The van der Waals surface area contributed by atoms with Gasteiger partial charge in [-0.1, -0.05) is 0 Å². The molecule has 0 amide bonds. The van der Waals surface area contributed by atoms with Gasteiger partial charge in [0.2, 0.25) is 0 Å². The lowest BCUT2D eigenvalue weighted by molar-refractivity contribution is -0.149. The number of ether oxygens (including phenoxy) is 1. The lowest BCUT2D eigenvalue weighted by Crippen LogP contribution is -2.60. The van der Waals surface area contributed by atoms with Crippen molar-refractivity contribution in [1.82, 2.24) is 15.2 Å². The third-order valence-corrected chi connectivity index (χ3v) is 6.03. The number of nitrogens with one attached hydrogen (secondary N) is 1. The van der Waals surface area contributed by atoms with E-state index >= 15 is 0 Å². The van der Waals surface area contributed by atoms with Gasteiger partial charge in [-0.15, -0.1) is 0 Å². The summed E-state index contributed by atoms with van der Waals surface area (Å²) in [6.07, 6.45) is 7.42. The van der Waals surface area contributed by atoms with E-state index in [1.807, 2.05) is 0 Å². The van der Waals surface area contributed by atoms with E-state index in [-0.39, 0.29) is 5.60 Å². The van der Waals surface area contributed by atoms with Crippen molar-refractivity contribution in [3.63, 3.8) is 0 Å². The van der Waals surface area contributed by atoms with Crippen molar-refractivity contribution in [2.24, 2.45) is 11.8 Å². The first-order valence-corrected chi connectivity index (χ1v) is 8.62. The van der Waals surface area contributed by atoms with Crippen LogP contribution in [0.25, 0.3) is 0 Å². The fraction of sp³-hybridized carbons (Fsp3) is 1.00. The van der Waals surface area contributed by atoms with Crippen molar-refractivity contribution in [3.8, 4) is 0 Å². The number of hydrazine groups is 1. The Labute approximate surface area is 129 Å². The zero-order valence-electron chi connectivity index (χ0n) is 13.7. The molecule has 0 aromatic rings. The highest BCUT2D eigenvalue weighted by Gasteiger charge is 2.46. The first-order chi connectivity index (χ1) is 10.1. The lowest BCUT2D eigenvalue weighted by Gasteiger charge is -2.50. The summed E-state index contributed by atoms with van der Waals surface area (Å²) in [6, 6.07) is 0.875. The van der Waals surface area contributed by atoms with E-state index in [1.165, 1.54) is 45.2 Å². The summed E-state index contributed by atoms with van der Waals surface area (Å²) >= 11 is 0. The van der Waals surface area contributed by atoms with E-state index in [9.17, 15) is 0 Å². The summed E-state index contributed by atoms with van der Waals surface area (Å²) in [7, 11) is 4.49. The van der Waals surface area contributed by atoms with Crippen LogP contribution < -0.4 is 11.3 Å². The Morgan fingerprint density at radius 3 is 2.71 bits per heavy atom. The Morgan fingerprint density at radius 1 is 1.24 bits per heavy atom. The number of hydrogen-bond donors (Lipinski definition) is 2. The van der Waals surface area contributed by atoms with Crippen LogP contribution >= 0.6 is 0 Å². The van der Waals surface area contributed by atoms with Crippen molar-refractivity contribution in [2.75, 3.05) is 40.3 Å². The third kappa shape index (κ3) is 3.27.